The largest absolute Gasteiger partial charge is 0.360 e. The number of hydrogen-bond acceptors (Lipinski definition) is 2. The van der Waals surface area contributed by atoms with Gasteiger partial charge in [-0.15, -0.1) is 0 Å². The Labute approximate surface area is 119 Å². The Morgan fingerprint density at radius 1 is 1.45 bits per heavy atom. The summed E-state index contributed by atoms with van der Waals surface area (Å²) in [7, 11) is 4.05. The standard InChI is InChI=1S/C16H21N3O/c1-18-8-7-12(10-18)11-19(2)16(20)14-9-17-15-6-4-3-5-13(14)15/h3-6,9,12,17H,7-8,10-11H2,1-2H3. The molecule has 1 aliphatic rings. The number of carbonyl (C=O) groups is 1. The molecule has 1 amide bonds. The Balaban J connectivity index is 1.75. The lowest BCUT2D eigenvalue weighted by molar-refractivity contribution is 0.0776. The van der Waals surface area contributed by atoms with Gasteiger partial charge in [0.05, 0.1) is 5.56 Å². The van der Waals surface area contributed by atoms with E-state index in [1.165, 1.54) is 6.42 Å². The molecule has 4 nitrogen and oxygen atoms in total. The number of benzene rings is 1. The summed E-state index contributed by atoms with van der Waals surface area (Å²) in [6, 6.07) is 7.94. The van der Waals surface area contributed by atoms with E-state index in [1.54, 1.807) is 0 Å². The minimum absolute atomic E-state index is 0.108. The molecule has 1 fully saturated rings. The van der Waals surface area contributed by atoms with Crippen molar-refractivity contribution in [2.45, 2.75) is 6.42 Å². The SMILES string of the molecule is CN1CCC(CN(C)C(=O)c2c[nH]c3ccccc23)C1. The second-order valence-corrected chi connectivity index (χ2v) is 5.85. The van der Waals surface area contributed by atoms with Crippen molar-refractivity contribution in [2.75, 3.05) is 33.7 Å². The average Bonchev–Trinajstić information content (AvgIpc) is 3.04. The molecule has 1 atom stereocenters. The Kier molecular flexibility index (Phi) is 3.49. The molecule has 1 aromatic carbocycles. The first-order valence-corrected chi connectivity index (χ1v) is 7.15. The second-order valence-electron chi connectivity index (χ2n) is 5.85. The minimum atomic E-state index is 0.108. The summed E-state index contributed by atoms with van der Waals surface area (Å²) in [4.78, 5) is 19.9. The Morgan fingerprint density at radius 3 is 3.00 bits per heavy atom. The van der Waals surface area contributed by atoms with Gasteiger partial charge in [-0.2, -0.15) is 0 Å². The fraction of sp³-hybridized carbons (Fsp3) is 0.438. The van der Waals surface area contributed by atoms with E-state index in [0.29, 0.717) is 5.92 Å². The van der Waals surface area contributed by atoms with E-state index in [2.05, 4.69) is 16.9 Å². The predicted octanol–water partition coefficient (Wildman–Crippen LogP) is 2.19. The van der Waals surface area contributed by atoms with Crippen LogP contribution in [0.5, 0.6) is 0 Å². The Hall–Kier alpha value is -1.81. The van der Waals surface area contributed by atoms with Crippen LogP contribution in [0.25, 0.3) is 10.9 Å². The van der Waals surface area contributed by atoms with Crippen molar-refractivity contribution in [1.82, 2.24) is 14.8 Å². The van der Waals surface area contributed by atoms with E-state index in [1.807, 2.05) is 42.4 Å². The van der Waals surface area contributed by atoms with Gasteiger partial charge in [-0.25, -0.2) is 0 Å². The molecule has 0 spiro atoms. The van der Waals surface area contributed by atoms with E-state index < -0.39 is 0 Å². The fourth-order valence-electron chi connectivity index (χ4n) is 3.10. The number of amides is 1. The van der Waals surface area contributed by atoms with Gasteiger partial charge < -0.3 is 14.8 Å². The van der Waals surface area contributed by atoms with Crippen molar-refractivity contribution >= 4 is 16.8 Å². The number of nitrogens with one attached hydrogen (secondary N) is 1. The van der Waals surface area contributed by atoms with Crippen LogP contribution in [0.1, 0.15) is 16.8 Å². The van der Waals surface area contributed by atoms with E-state index >= 15 is 0 Å². The maximum absolute atomic E-state index is 12.6. The van der Waals surface area contributed by atoms with Gasteiger partial charge in [-0.1, -0.05) is 18.2 Å². The molecular weight excluding hydrogens is 250 g/mol. The number of likely N-dealkylation sites (tertiary alicyclic amines) is 1. The number of carbonyl (C=O) groups excluding carboxylic acids is 1. The normalized spacial score (nSPS) is 19.6. The number of H-pyrrole nitrogens is 1. The minimum Gasteiger partial charge on any atom is -0.360 e. The quantitative estimate of drug-likeness (QED) is 0.929. The number of aromatic nitrogens is 1. The monoisotopic (exact) mass is 271 g/mol. The summed E-state index contributed by atoms with van der Waals surface area (Å²) in [5.41, 5.74) is 1.79. The summed E-state index contributed by atoms with van der Waals surface area (Å²) >= 11 is 0. The van der Waals surface area contributed by atoms with Crippen LogP contribution in [0, 0.1) is 5.92 Å². The van der Waals surface area contributed by atoms with Crippen molar-refractivity contribution in [3.05, 3.63) is 36.0 Å². The molecule has 20 heavy (non-hydrogen) atoms. The van der Waals surface area contributed by atoms with E-state index in [9.17, 15) is 4.79 Å². The zero-order valence-electron chi connectivity index (χ0n) is 12.1. The maximum atomic E-state index is 12.6. The number of aromatic amines is 1. The van der Waals surface area contributed by atoms with Crippen LogP contribution in [-0.4, -0.2) is 54.4 Å². The zero-order chi connectivity index (χ0) is 14.1. The molecule has 1 unspecified atom stereocenters. The third kappa shape index (κ3) is 2.43. The van der Waals surface area contributed by atoms with Gasteiger partial charge in [0.2, 0.25) is 0 Å². The summed E-state index contributed by atoms with van der Waals surface area (Å²) < 4.78 is 0. The highest BCUT2D eigenvalue weighted by molar-refractivity contribution is 6.06. The van der Waals surface area contributed by atoms with Gasteiger partial charge in [-0.3, -0.25) is 4.79 Å². The summed E-state index contributed by atoms with van der Waals surface area (Å²) in [5, 5.41) is 1.01. The van der Waals surface area contributed by atoms with Crippen LogP contribution in [0.2, 0.25) is 0 Å². The molecule has 3 rings (SSSR count). The van der Waals surface area contributed by atoms with Crippen molar-refractivity contribution in [1.29, 1.82) is 0 Å². The third-order valence-electron chi connectivity index (χ3n) is 4.19. The molecule has 0 radical (unpaired) electrons. The van der Waals surface area contributed by atoms with Crippen molar-refractivity contribution in [3.8, 4) is 0 Å². The van der Waals surface area contributed by atoms with E-state index in [4.69, 9.17) is 0 Å². The number of rotatable bonds is 3. The number of fused-ring (bicyclic) bond motifs is 1. The number of nitrogens with zero attached hydrogens (tertiary/aromatic N) is 2. The fourth-order valence-corrected chi connectivity index (χ4v) is 3.10. The highest BCUT2D eigenvalue weighted by Gasteiger charge is 2.24. The van der Waals surface area contributed by atoms with Crippen LogP contribution in [0.4, 0.5) is 0 Å². The highest BCUT2D eigenvalue weighted by Crippen LogP contribution is 2.21. The molecule has 4 heteroatoms. The molecule has 1 aromatic heterocycles. The van der Waals surface area contributed by atoms with Gasteiger partial charge in [0.1, 0.15) is 0 Å². The van der Waals surface area contributed by atoms with E-state index in [0.717, 1.165) is 36.1 Å². The number of hydrogen-bond donors (Lipinski definition) is 1. The molecule has 2 aromatic rings. The lowest BCUT2D eigenvalue weighted by Crippen LogP contribution is -2.32. The zero-order valence-corrected chi connectivity index (χ0v) is 12.1. The van der Waals surface area contributed by atoms with Crippen molar-refractivity contribution in [2.24, 2.45) is 5.92 Å². The maximum Gasteiger partial charge on any atom is 0.255 e. The molecule has 0 saturated carbocycles. The number of para-hydroxylation sites is 1. The van der Waals surface area contributed by atoms with Gasteiger partial charge >= 0.3 is 0 Å². The molecule has 1 saturated heterocycles. The summed E-state index contributed by atoms with van der Waals surface area (Å²) in [5.74, 6) is 0.705. The van der Waals surface area contributed by atoms with Crippen LogP contribution in [0.3, 0.4) is 0 Å². The average molecular weight is 271 g/mol. The van der Waals surface area contributed by atoms with Crippen LogP contribution in [0.15, 0.2) is 30.5 Å². The van der Waals surface area contributed by atoms with Crippen LogP contribution >= 0.6 is 0 Å². The molecule has 2 heterocycles. The van der Waals surface area contributed by atoms with Crippen LogP contribution < -0.4 is 0 Å². The lowest BCUT2D eigenvalue weighted by atomic mass is 10.1. The second kappa shape index (κ2) is 5.29. The van der Waals surface area contributed by atoms with Crippen molar-refractivity contribution < 1.29 is 4.79 Å². The molecule has 106 valence electrons. The molecule has 1 aliphatic heterocycles. The molecular formula is C16H21N3O. The first kappa shape index (κ1) is 13.2. The topological polar surface area (TPSA) is 39.3 Å². The molecule has 0 aliphatic carbocycles. The smallest absolute Gasteiger partial charge is 0.255 e. The van der Waals surface area contributed by atoms with Gasteiger partial charge in [0.25, 0.3) is 5.91 Å². The molecule has 1 N–H and O–H groups in total. The Morgan fingerprint density at radius 2 is 2.25 bits per heavy atom. The van der Waals surface area contributed by atoms with Gasteiger partial charge in [0, 0.05) is 37.2 Å². The Bertz CT molecular complexity index is 619. The first-order valence-electron chi connectivity index (χ1n) is 7.15. The predicted molar refractivity (Wildman–Crippen MR) is 80.9 cm³/mol. The van der Waals surface area contributed by atoms with Crippen LogP contribution in [-0.2, 0) is 0 Å². The van der Waals surface area contributed by atoms with Gasteiger partial charge in [-0.05, 0) is 32.0 Å². The van der Waals surface area contributed by atoms with Crippen molar-refractivity contribution in [3.63, 3.8) is 0 Å². The molecule has 0 bridgehead atoms. The highest BCUT2D eigenvalue weighted by atomic mass is 16.2. The third-order valence-corrected chi connectivity index (χ3v) is 4.19. The van der Waals surface area contributed by atoms with E-state index in [-0.39, 0.29) is 5.91 Å². The van der Waals surface area contributed by atoms with Gasteiger partial charge in [0.15, 0.2) is 0 Å². The first-order chi connectivity index (χ1) is 9.65. The lowest BCUT2D eigenvalue weighted by Gasteiger charge is -2.21. The summed E-state index contributed by atoms with van der Waals surface area (Å²) in [6.45, 7) is 3.06. The summed E-state index contributed by atoms with van der Waals surface area (Å²) in [6.07, 6.45) is 3.01.